The average molecular weight is 350 g/mol. The minimum absolute atomic E-state index is 0.0360. The lowest BCUT2D eigenvalue weighted by Gasteiger charge is -2.43. The predicted octanol–water partition coefficient (Wildman–Crippen LogP) is 0.641. The third-order valence-electron chi connectivity index (χ3n) is 4.96. The van der Waals surface area contributed by atoms with E-state index in [-0.39, 0.29) is 50.0 Å². The lowest BCUT2D eigenvalue weighted by Crippen LogP contribution is -2.56. The molecule has 0 aromatic rings. The number of likely N-dealkylation sites (tertiary alicyclic amines) is 1. The molecule has 0 aromatic carbocycles. The number of carbonyl (C=O) groups excluding carboxylic acids is 4. The van der Waals surface area contributed by atoms with Gasteiger partial charge in [0.1, 0.15) is 0 Å². The van der Waals surface area contributed by atoms with E-state index in [9.17, 15) is 24.0 Å². The molecule has 9 nitrogen and oxygen atoms in total. The molecule has 1 N–H and O–H groups in total. The predicted molar refractivity (Wildman–Crippen MR) is 80.7 cm³/mol. The van der Waals surface area contributed by atoms with Gasteiger partial charge in [-0.1, -0.05) is 0 Å². The van der Waals surface area contributed by atoms with Crippen LogP contribution in [0.5, 0.6) is 0 Å². The summed E-state index contributed by atoms with van der Waals surface area (Å²) in [6, 6.07) is 0. The fourth-order valence-electron chi connectivity index (χ4n) is 3.75. The van der Waals surface area contributed by atoms with Gasteiger partial charge in [0.15, 0.2) is 5.72 Å². The first-order chi connectivity index (χ1) is 11.8. The maximum absolute atomic E-state index is 12.0. The van der Waals surface area contributed by atoms with Gasteiger partial charge in [-0.3, -0.25) is 24.1 Å². The lowest BCUT2D eigenvalue weighted by atomic mass is 9.82. The third-order valence-corrected chi connectivity index (χ3v) is 4.96. The summed E-state index contributed by atoms with van der Waals surface area (Å²) in [6.07, 6.45) is 2.17. The van der Waals surface area contributed by atoms with Gasteiger partial charge in [-0.25, -0.2) is 9.69 Å². The lowest BCUT2D eigenvalue weighted by molar-refractivity contribution is -0.177. The van der Waals surface area contributed by atoms with Crippen molar-refractivity contribution >= 4 is 29.8 Å². The molecule has 1 saturated carbocycles. The van der Waals surface area contributed by atoms with E-state index < -0.39 is 23.7 Å². The smallest absolute Gasteiger partial charge is 0.450 e. The Morgan fingerprint density at radius 2 is 1.60 bits per heavy atom. The van der Waals surface area contributed by atoms with Gasteiger partial charge in [0.05, 0.1) is 0 Å². The van der Waals surface area contributed by atoms with Crippen LogP contribution in [-0.2, 0) is 23.9 Å². The Labute approximate surface area is 143 Å². The number of hydrogen-bond acceptors (Lipinski definition) is 6. The Balaban J connectivity index is 1.70. The number of ether oxygens (including phenoxy) is 1. The Morgan fingerprint density at radius 1 is 1.08 bits per heavy atom. The minimum Gasteiger partial charge on any atom is -0.450 e. The fourth-order valence-corrected chi connectivity index (χ4v) is 3.75. The van der Waals surface area contributed by atoms with E-state index in [0.717, 1.165) is 9.80 Å². The SMILES string of the molecule is O=C(O)OC1(N2C(=O)CCC2=O)CCC(CN2C(=O)C=CC2=O)CC1. The number of imide groups is 2. The molecule has 134 valence electrons. The van der Waals surface area contributed by atoms with Crippen molar-refractivity contribution in [3.05, 3.63) is 12.2 Å². The van der Waals surface area contributed by atoms with E-state index in [0.29, 0.717) is 12.8 Å². The van der Waals surface area contributed by atoms with Gasteiger partial charge >= 0.3 is 6.16 Å². The second-order valence-corrected chi connectivity index (χ2v) is 6.50. The van der Waals surface area contributed by atoms with Crippen molar-refractivity contribution in [2.75, 3.05) is 6.54 Å². The van der Waals surface area contributed by atoms with Crippen molar-refractivity contribution in [3.8, 4) is 0 Å². The van der Waals surface area contributed by atoms with Crippen LogP contribution in [0.3, 0.4) is 0 Å². The molecular weight excluding hydrogens is 332 g/mol. The molecule has 3 rings (SSSR count). The van der Waals surface area contributed by atoms with Crippen LogP contribution in [0.4, 0.5) is 4.79 Å². The summed E-state index contributed by atoms with van der Waals surface area (Å²) in [6.45, 7) is 0.232. The molecule has 0 bridgehead atoms. The molecule has 1 saturated heterocycles. The zero-order chi connectivity index (χ0) is 18.2. The first-order valence-electron chi connectivity index (χ1n) is 8.14. The average Bonchev–Trinajstić information content (AvgIpc) is 3.05. The Bertz CT molecular complexity index is 642. The summed E-state index contributed by atoms with van der Waals surface area (Å²) in [5.41, 5.74) is -1.48. The molecule has 4 amide bonds. The van der Waals surface area contributed by atoms with E-state index in [1.54, 1.807) is 0 Å². The number of nitrogens with zero attached hydrogens (tertiary/aromatic N) is 2. The fraction of sp³-hybridized carbons (Fsp3) is 0.562. The van der Waals surface area contributed by atoms with E-state index in [1.165, 1.54) is 12.2 Å². The van der Waals surface area contributed by atoms with Crippen molar-refractivity contribution in [2.24, 2.45) is 5.92 Å². The van der Waals surface area contributed by atoms with Gasteiger partial charge < -0.3 is 9.84 Å². The van der Waals surface area contributed by atoms with Crippen LogP contribution in [0.1, 0.15) is 38.5 Å². The first-order valence-corrected chi connectivity index (χ1v) is 8.14. The molecule has 3 aliphatic rings. The number of carbonyl (C=O) groups is 5. The minimum atomic E-state index is -1.54. The van der Waals surface area contributed by atoms with Crippen LogP contribution in [0, 0.1) is 5.92 Å². The molecular formula is C16H18N2O7. The summed E-state index contributed by atoms with van der Waals surface area (Å²) in [4.78, 5) is 60.6. The van der Waals surface area contributed by atoms with Crippen molar-refractivity contribution in [3.63, 3.8) is 0 Å². The molecule has 0 unspecified atom stereocenters. The van der Waals surface area contributed by atoms with Crippen LogP contribution >= 0.6 is 0 Å². The quantitative estimate of drug-likeness (QED) is 0.583. The normalized spacial score (nSPS) is 29.7. The topological polar surface area (TPSA) is 121 Å². The summed E-state index contributed by atoms with van der Waals surface area (Å²) in [5, 5.41) is 9.05. The highest BCUT2D eigenvalue weighted by Gasteiger charge is 2.51. The first kappa shape index (κ1) is 17.1. The molecule has 2 fully saturated rings. The highest BCUT2D eigenvalue weighted by molar-refractivity contribution is 6.12. The molecule has 2 heterocycles. The zero-order valence-electron chi connectivity index (χ0n) is 13.5. The largest absolute Gasteiger partial charge is 0.507 e. The molecule has 2 aliphatic heterocycles. The second kappa shape index (κ2) is 6.30. The molecule has 0 radical (unpaired) electrons. The highest BCUT2D eigenvalue weighted by atomic mass is 16.7. The number of carboxylic acid groups (broad SMARTS) is 1. The molecule has 25 heavy (non-hydrogen) atoms. The summed E-state index contributed by atoms with van der Waals surface area (Å²) >= 11 is 0. The Morgan fingerprint density at radius 3 is 2.08 bits per heavy atom. The molecule has 0 spiro atoms. The standard InChI is InChI=1S/C16H18N2O7/c19-11-1-2-12(20)17(11)9-10-5-7-16(8-6-10,25-15(23)24)18-13(21)3-4-14(18)22/h1-2,10H,3-9H2,(H,23,24). The van der Waals surface area contributed by atoms with Crippen LogP contribution < -0.4 is 0 Å². The second-order valence-electron chi connectivity index (χ2n) is 6.50. The van der Waals surface area contributed by atoms with E-state index >= 15 is 0 Å². The molecule has 9 heteroatoms. The Hall–Kier alpha value is -2.71. The summed E-state index contributed by atoms with van der Waals surface area (Å²) < 4.78 is 5.01. The van der Waals surface area contributed by atoms with Gasteiger partial charge in [-0.15, -0.1) is 0 Å². The van der Waals surface area contributed by atoms with Crippen molar-refractivity contribution < 1.29 is 33.8 Å². The maximum atomic E-state index is 12.0. The van der Waals surface area contributed by atoms with Crippen LogP contribution in [-0.4, -0.2) is 57.0 Å². The van der Waals surface area contributed by atoms with Gasteiger partial charge in [0, 0.05) is 44.4 Å². The van der Waals surface area contributed by atoms with Crippen molar-refractivity contribution in [1.82, 2.24) is 9.80 Å². The summed E-state index contributed by atoms with van der Waals surface area (Å²) in [7, 11) is 0. The molecule has 1 aliphatic carbocycles. The summed E-state index contributed by atoms with van der Waals surface area (Å²) in [5.74, 6) is -1.63. The number of rotatable bonds is 4. The molecule has 0 aromatic heterocycles. The monoisotopic (exact) mass is 350 g/mol. The van der Waals surface area contributed by atoms with Gasteiger partial charge in [-0.2, -0.15) is 0 Å². The van der Waals surface area contributed by atoms with Crippen molar-refractivity contribution in [1.29, 1.82) is 0 Å². The van der Waals surface area contributed by atoms with E-state index in [2.05, 4.69) is 0 Å². The Kier molecular flexibility index (Phi) is 4.32. The molecule has 0 atom stereocenters. The number of amides is 4. The van der Waals surface area contributed by atoms with Gasteiger partial charge in [0.2, 0.25) is 11.8 Å². The van der Waals surface area contributed by atoms with Gasteiger partial charge in [-0.05, 0) is 18.8 Å². The van der Waals surface area contributed by atoms with Gasteiger partial charge in [0.25, 0.3) is 11.8 Å². The highest BCUT2D eigenvalue weighted by Crippen LogP contribution is 2.40. The van der Waals surface area contributed by atoms with Crippen LogP contribution in [0.2, 0.25) is 0 Å². The van der Waals surface area contributed by atoms with Crippen molar-refractivity contribution in [2.45, 2.75) is 44.2 Å². The van der Waals surface area contributed by atoms with Crippen LogP contribution in [0.25, 0.3) is 0 Å². The van der Waals surface area contributed by atoms with E-state index in [1.807, 2.05) is 0 Å². The van der Waals surface area contributed by atoms with E-state index in [4.69, 9.17) is 9.84 Å². The maximum Gasteiger partial charge on any atom is 0.507 e. The third kappa shape index (κ3) is 3.13. The van der Waals surface area contributed by atoms with Crippen LogP contribution in [0.15, 0.2) is 12.2 Å². The number of hydrogen-bond donors (Lipinski definition) is 1. The zero-order valence-corrected chi connectivity index (χ0v) is 13.5.